The molecule has 0 aromatic heterocycles. The molecule has 0 aliphatic heterocycles. The summed E-state index contributed by atoms with van der Waals surface area (Å²) in [4.78, 5) is 38.2. The van der Waals surface area contributed by atoms with Gasteiger partial charge in [0.1, 0.15) is 13.2 Å². The Labute approximate surface area is 431 Å². The summed E-state index contributed by atoms with van der Waals surface area (Å²) in [5, 5.41) is 0. The van der Waals surface area contributed by atoms with E-state index < -0.39 is 6.10 Å². The summed E-state index contributed by atoms with van der Waals surface area (Å²) >= 11 is 0. The van der Waals surface area contributed by atoms with Gasteiger partial charge in [-0.1, -0.05) is 317 Å². The quantitative estimate of drug-likeness (QED) is 0.0343. The van der Waals surface area contributed by atoms with Gasteiger partial charge in [0.25, 0.3) is 0 Å². The monoisotopic (exact) mass is 975 g/mol. The zero-order chi connectivity index (χ0) is 50.4. The first-order chi connectivity index (χ1) is 33.7. The highest BCUT2D eigenvalue weighted by Crippen LogP contribution is 2.19. The number of carbonyl (C=O) groups is 3. The summed E-state index contributed by atoms with van der Waals surface area (Å²) in [6.07, 6.45) is 61.1. The molecular formula is C63H122O6. The van der Waals surface area contributed by atoms with Crippen molar-refractivity contribution in [2.45, 2.75) is 362 Å². The van der Waals surface area contributed by atoms with Crippen LogP contribution in [0.3, 0.4) is 0 Å². The second-order valence-corrected chi connectivity index (χ2v) is 22.6. The van der Waals surface area contributed by atoms with E-state index >= 15 is 0 Å². The van der Waals surface area contributed by atoms with E-state index in [1.165, 1.54) is 244 Å². The Morgan fingerprint density at radius 1 is 0.275 bits per heavy atom. The van der Waals surface area contributed by atoms with Crippen LogP contribution in [0.2, 0.25) is 0 Å². The van der Waals surface area contributed by atoms with Gasteiger partial charge in [-0.2, -0.15) is 0 Å². The Hall–Kier alpha value is -1.59. The third-order valence-corrected chi connectivity index (χ3v) is 14.5. The summed E-state index contributed by atoms with van der Waals surface area (Å²) in [6, 6.07) is 0. The van der Waals surface area contributed by atoms with Crippen LogP contribution < -0.4 is 0 Å². The van der Waals surface area contributed by atoms with Crippen LogP contribution >= 0.6 is 0 Å². The highest BCUT2D eigenvalue weighted by Gasteiger charge is 2.19. The first-order valence-electron chi connectivity index (χ1n) is 31.2. The van der Waals surface area contributed by atoms with Gasteiger partial charge in [-0.25, -0.2) is 0 Å². The van der Waals surface area contributed by atoms with E-state index in [-0.39, 0.29) is 31.1 Å². The Bertz CT molecular complexity index is 1060. The minimum Gasteiger partial charge on any atom is -0.462 e. The van der Waals surface area contributed by atoms with Crippen molar-refractivity contribution in [1.82, 2.24) is 0 Å². The van der Waals surface area contributed by atoms with Crippen LogP contribution in [0.1, 0.15) is 356 Å². The van der Waals surface area contributed by atoms with Gasteiger partial charge in [0.2, 0.25) is 0 Å². The van der Waals surface area contributed by atoms with Crippen LogP contribution in [0, 0.1) is 11.8 Å². The molecule has 0 aromatic rings. The molecule has 0 N–H and O–H groups in total. The highest BCUT2D eigenvalue weighted by atomic mass is 16.6. The van der Waals surface area contributed by atoms with E-state index in [1.807, 2.05) is 0 Å². The molecule has 0 amide bonds. The maximum atomic E-state index is 12.9. The van der Waals surface area contributed by atoms with E-state index in [0.29, 0.717) is 19.3 Å². The van der Waals surface area contributed by atoms with Crippen molar-refractivity contribution in [3.05, 3.63) is 0 Å². The van der Waals surface area contributed by atoms with Crippen molar-refractivity contribution < 1.29 is 28.6 Å². The average molecular weight is 976 g/mol. The van der Waals surface area contributed by atoms with Crippen molar-refractivity contribution in [2.75, 3.05) is 13.2 Å². The van der Waals surface area contributed by atoms with Crippen molar-refractivity contribution >= 4 is 17.9 Å². The number of esters is 3. The SMILES string of the molecule is CCCCCCCCCCCCCCCCCCCCCC(=O)OC[C@H](COC(=O)CCCCCCCCCCC(C)C)OC(=O)CCCCCCCCCCCCCCCCCCCCC(C)C. The van der Waals surface area contributed by atoms with Crippen LogP contribution in [0.4, 0.5) is 0 Å². The standard InChI is InChI=1S/C63H122O6/c1-6-7-8-9-10-11-12-13-14-15-16-20-23-26-29-32-38-43-48-53-61(64)67-56-60(57-68-62(65)54-49-44-39-35-34-37-42-47-52-59(4)5)69-63(66)55-50-45-40-33-30-27-24-21-18-17-19-22-25-28-31-36-41-46-51-58(2)3/h58-60H,6-57H2,1-5H3/t60-/m1/s1. The van der Waals surface area contributed by atoms with Gasteiger partial charge in [-0.3, -0.25) is 14.4 Å². The van der Waals surface area contributed by atoms with E-state index in [4.69, 9.17) is 14.2 Å². The fourth-order valence-electron chi connectivity index (χ4n) is 9.76. The second kappa shape index (κ2) is 55.7. The number of carbonyl (C=O) groups excluding carboxylic acids is 3. The molecule has 0 bridgehead atoms. The number of hydrogen-bond donors (Lipinski definition) is 0. The molecule has 0 aliphatic rings. The zero-order valence-corrected chi connectivity index (χ0v) is 47.5. The molecule has 6 nitrogen and oxygen atoms in total. The van der Waals surface area contributed by atoms with E-state index in [9.17, 15) is 14.4 Å². The topological polar surface area (TPSA) is 78.9 Å². The lowest BCUT2D eigenvalue weighted by atomic mass is 10.0. The summed E-state index contributed by atoms with van der Waals surface area (Å²) in [5.41, 5.74) is 0. The smallest absolute Gasteiger partial charge is 0.306 e. The molecule has 0 saturated carbocycles. The molecule has 1 atom stereocenters. The van der Waals surface area contributed by atoms with E-state index in [2.05, 4.69) is 34.6 Å². The van der Waals surface area contributed by atoms with Gasteiger partial charge in [-0.05, 0) is 31.1 Å². The fourth-order valence-corrected chi connectivity index (χ4v) is 9.76. The van der Waals surface area contributed by atoms with Crippen molar-refractivity contribution in [3.8, 4) is 0 Å². The van der Waals surface area contributed by atoms with Crippen LogP contribution in [-0.2, 0) is 28.6 Å². The fraction of sp³-hybridized carbons (Fsp3) is 0.952. The van der Waals surface area contributed by atoms with Gasteiger partial charge in [0, 0.05) is 19.3 Å². The normalized spacial score (nSPS) is 12.0. The second-order valence-electron chi connectivity index (χ2n) is 22.6. The first-order valence-corrected chi connectivity index (χ1v) is 31.2. The lowest BCUT2D eigenvalue weighted by Crippen LogP contribution is -2.30. The zero-order valence-electron chi connectivity index (χ0n) is 47.5. The van der Waals surface area contributed by atoms with Crippen molar-refractivity contribution in [3.63, 3.8) is 0 Å². The van der Waals surface area contributed by atoms with Crippen molar-refractivity contribution in [2.24, 2.45) is 11.8 Å². The third-order valence-electron chi connectivity index (χ3n) is 14.5. The molecule has 0 aliphatic carbocycles. The third kappa shape index (κ3) is 57.2. The van der Waals surface area contributed by atoms with Gasteiger partial charge in [-0.15, -0.1) is 0 Å². The minimum absolute atomic E-state index is 0.0626. The number of hydrogen-bond acceptors (Lipinski definition) is 6. The number of rotatable bonds is 57. The van der Waals surface area contributed by atoms with Crippen molar-refractivity contribution in [1.29, 1.82) is 0 Å². The maximum absolute atomic E-state index is 12.9. The predicted octanol–water partition coefficient (Wildman–Crippen LogP) is 20.8. The van der Waals surface area contributed by atoms with Gasteiger partial charge in [0.05, 0.1) is 0 Å². The number of unbranched alkanes of at least 4 members (excludes halogenated alkanes) is 42. The van der Waals surface area contributed by atoms with Gasteiger partial charge >= 0.3 is 17.9 Å². The van der Waals surface area contributed by atoms with Crippen LogP contribution in [-0.4, -0.2) is 37.2 Å². The predicted molar refractivity (Wildman–Crippen MR) is 298 cm³/mol. The van der Waals surface area contributed by atoms with E-state index in [0.717, 1.165) is 69.6 Å². The molecule has 0 unspecified atom stereocenters. The molecule has 0 rings (SSSR count). The summed E-state index contributed by atoms with van der Waals surface area (Å²) in [6.45, 7) is 11.4. The molecule has 69 heavy (non-hydrogen) atoms. The molecule has 0 radical (unpaired) electrons. The average Bonchev–Trinajstić information content (AvgIpc) is 3.32. The Kier molecular flexibility index (Phi) is 54.4. The highest BCUT2D eigenvalue weighted by molar-refractivity contribution is 5.71. The summed E-state index contributed by atoms with van der Waals surface area (Å²) < 4.78 is 16.9. The van der Waals surface area contributed by atoms with Gasteiger partial charge < -0.3 is 14.2 Å². The summed E-state index contributed by atoms with van der Waals surface area (Å²) in [7, 11) is 0. The lowest BCUT2D eigenvalue weighted by Gasteiger charge is -2.18. The molecule has 0 spiro atoms. The molecule has 0 fully saturated rings. The molecule has 0 saturated heterocycles. The Morgan fingerprint density at radius 2 is 0.478 bits per heavy atom. The lowest BCUT2D eigenvalue weighted by molar-refractivity contribution is -0.167. The largest absolute Gasteiger partial charge is 0.462 e. The summed E-state index contributed by atoms with van der Waals surface area (Å²) in [5.74, 6) is 0.818. The molecule has 0 heterocycles. The Morgan fingerprint density at radius 3 is 0.710 bits per heavy atom. The van der Waals surface area contributed by atoms with Crippen LogP contribution in [0.15, 0.2) is 0 Å². The molecular weight excluding hydrogens is 853 g/mol. The Balaban J connectivity index is 4.22. The number of ether oxygens (including phenoxy) is 3. The molecule has 410 valence electrons. The van der Waals surface area contributed by atoms with Crippen LogP contribution in [0.25, 0.3) is 0 Å². The molecule has 0 aromatic carbocycles. The van der Waals surface area contributed by atoms with Gasteiger partial charge in [0.15, 0.2) is 6.10 Å². The first kappa shape index (κ1) is 67.4. The van der Waals surface area contributed by atoms with E-state index in [1.54, 1.807) is 0 Å². The van der Waals surface area contributed by atoms with Crippen LogP contribution in [0.5, 0.6) is 0 Å². The maximum Gasteiger partial charge on any atom is 0.306 e. The molecule has 6 heteroatoms. The minimum atomic E-state index is -0.763.